The van der Waals surface area contributed by atoms with E-state index in [4.69, 9.17) is 0 Å². The van der Waals surface area contributed by atoms with Gasteiger partial charge in [0.15, 0.2) is 0 Å². The van der Waals surface area contributed by atoms with Crippen LogP contribution in [0.3, 0.4) is 0 Å². The number of benzene rings is 2. The van der Waals surface area contributed by atoms with Crippen LogP contribution in [0.1, 0.15) is 63.6 Å². The molecule has 0 bridgehead atoms. The highest BCUT2D eigenvalue weighted by Gasteiger charge is 2.49. The van der Waals surface area contributed by atoms with Crippen LogP contribution in [0.2, 0.25) is 0 Å². The van der Waals surface area contributed by atoms with Gasteiger partial charge in [0.1, 0.15) is 23.9 Å². The van der Waals surface area contributed by atoms with Crippen molar-refractivity contribution in [2.75, 3.05) is 5.32 Å². The number of carbonyl (C=O) groups is 3. The maximum atomic E-state index is 13.8. The molecule has 0 saturated carbocycles. The summed E-state index contributed by atoms with van der Waals surface area (Å²) >= 11 is 0. The van der Waals surface area contributed by atoms with Crippen molar-refractivity contribution in [1.82, 2.24) is 15.2 Å². The zero-order chi connectivity index (χ0) is 31.7. The summed E-state index contributed by atoms with van der Waals surface area (Å²) < 4.78 is 0. The molecular formula is C35H46N4O4. The number of aryl methyl sites for hydroxylation is 2. The van der Waals surface area contributed by atoms with Crippen molar-refractivity contribution < 1.29 is 19.5 Å². The van der Waals surface area contributed by atoms with Gasteiger partial charge in [0.25, 0.3) is 0 Å². The average Bonchev–Trinajstić information content (AvgIpc) is 3.44. The second-order valence-corrected chi connectivity index (χ2v) is 11.1. The summed E-state index contributed by atoms with van der Waals surface area (Å²) in [6, 6.07) is 18.2. The van der Waals surface area contributed by atoms with Crippen LogP contribution in [-0.2, 0) is 27.2 Å². The Balaban J connectivity index is 0.000000433. The molecule has 5 rings (SSSR count). The van der Waals surface area contributed by atoms with Crippen molar-refractivity contribution in [2.45, 2.75) is 85.9 Å². The van der Waals surface area contributed by atoms with Gasteiger partial charge in [0, 0.05) is 11.4 Å². The van der Waals surface area contributed by atoms with E-state index in [0.29, 0.717) is 19.3 Å². The van der Waals surface area contributed by atoms with Gasteiger partial charge in [0.05, 0.1) is 5.69 Å². The van der Waals surface area contributed by atoms with Crippen LogP contribution in [-0.4, -0.2) is 50.8 Å². The fraction of sp³-hybridized carbons (Fsp3) is 0.429. The highest BCUT2D eigenvalue weighted by Crippen LogP contribution is 2.33. The molecule has 0 radical (unpaired) electrons. The molecule has 230 valence electrons. The van der Waals surface area contributed by atoms with Crippen LogP contribution >= 0.6 is 0 Å². The minimum Gasteiger partial charge on any atom is -0.506 e. The summed E-state index contributed by atoms with van der Waals surface area (Å²) in [5.41, 5.74) is 4.84. The van der Waals surface area contributed by atoms with Gasteiger partial charge in [-0.1, -0.05) is 76.6 Å². The molecule has 4 atom stereocenters. The van der Waals surface area contributed by atoms with Crippen LogP contribution in [0.15, 0.2) is 66.7 Å². The van der Waals surface area contributed by atoms with E-state index in [1.165, 1.54) is 22.1 Å². The van der Waals surface area contributed by atoms with Crippen LogP contribution in [0.5, 0.6) is 5.75 Å². The van der Waals surface area contributed by atoms with Crippen molar-refractivity contribution in [3.8, 4) is 5.75 Å². The SMILES string of the molecule is CC.CCC(C)C1C(=O)NC(C2Cc3ccccc3C2)C(=O)N1C(C)C(=O)Nc1ccccc1O.Cc1cccc(C)n1. The maximum absolute atomic E-state index is 13.8. The molecule has 43 heavy (non-hydrogen) atoms. The third kappa shape index (κ3) is 8.00. The smallest absolute Gasteiger partial charge is 0.247 e. The summed E-state index contributed by atoms with van der Waals surface area (Å²) in [7, 11) is 0. The molecule has 1 aromatic heterocycles. The zero-order valence-electron chi connectivity index (χ0n) is 26.4. The molecule has 1 aliphatic heterocycles. The number of fused-ring (bicyclic) bond motifs is 1. The molecule has 1 fully saturated rings. The van der Waals surface area contributed by atoms with E-state index in [1.54, 1.807) is 25.1 Å². The number of pyridine rings is 1. The van der Waals surface area contributed by atoms with Gasteiger partial charge in [-0.05, 0) is 80.8 Å². The van der Waals surface area contributed by atoms with Gasteiger partial charge in [-0.15, -0.1) is 0 Å². The first-order valence-electron chi connectivity index (χ1n) is 15.3. The largest absolute Gasteiger partial charge is 0.506 e. The van der Waals surface area contributed by atoms with Crippen LogP contribution in [0, 0.1) is 25.7 Å². The first-order chi connectivity index (χ1) is 20.6. The van der Waals surface area contributed by atoms with Crippen molar-refractivity contribution in [3.05, 3.63) is 89.2 Å². The summed E-state index contributed by atoms with van der Waals surface area (Å²) in [5.74, 6) is -1.10. The van der Waals surface area contributed by atoms with Gasteiger partial charge < -0.3 is 20.6 Å². The number of nitrogens with one attached hydrogen (secondary N) is 2. The molecular weight excluding hydrogens is 540 g/mol. The minimum atomic E-state index is -0.881. The molecule has 1 aliphatic carbocycles. The zero-order valence-corrected chi connectivity index (χ0v) is 26.4. The van der Waals surface area contributed by atoms with Crippen molar-refractivity contribution in [1.29, 1.82) is 0 Å². The first kappa shape index (κ1) is 33.3. The lowest BCUT2D eigenvalue weighted by molar-refractivity contribution is -0.157. The molecule has 0 spiro atoms. The Kier molecular flexibility index (Phi) is 11.9. The first-order valence-corrected chi connectivity index (χ1v) is 15.3. The Bertz CT molecular complexity index is 1370. The normalized spacial score (nSPS) is 19.1. The number of para-hydroxylation sites is 2. The molecule has 4 unspecified atom stereocenters. The fourth-order valence-electron chi connectivity index (χ4n) is 5.68. The number of anilines is 1. The summed E-state index contributed by atoms with van der Waals surface area (Å²) in [5, 5.41) is 15.7. The molecule has 3 aromatic rings. The number of aromatic hydroxyl groups is 1. The monoisotopic (exact) mass is 586 g/mol. The standard InChI is InChI=1S/C26H31N3O4.C7H9N.C2H6/c1-4-15(2)23-25(32)28-22(19-13-17-9-5-6-10-18(17)14-19)26(33)29(23)16(3)24(31)27-20-11-7-8-12-21(20)30;1-6-4-3-5-7(2)8-6;1-2/h5-12,15-16,19,22-23,30H,4,13-14H2,1-3H3,(H,27,31)(H,28,32);3-5H,1-2H3;1-2H3. The van der Waals surface area contributed by atoms with Crippen LogP contribution in [0.25, 0.3) is 0 Å². The molecule has 3 N–H and O–H groups in total. The highest BCUT2D eigenvalue weighted by atomic mass is 16.3. The third-order valence-corrected chi connectivity index (χ3v) is 8.11. The lowest BCUT2D eigenvalue weighted by Gasteiger charge is -2.45. The quantitative estimate of drug-likeness (QED) is 0.326. The lowest BCUT2D eigenvalue weighted by Crippen LogP contribution is -2.69. The van der Waals surface area contributed by atoms with E-state index < -0.39 is 24.0 Å². The molecule has 2 aliphatic rings. The summed E-state index contributed by atoms with van der Waals surface area (Å²) in [6.07, 6.45) is 2.12. The van der Waals surface area contributed by atoms with E-state index in [1.807, 2.05) is 71.9 Å². The number of phenolic OH excluding ortho intramolecular Hbond substituents is 1. The predicted octanol–water partition coefficient (Wildman–Crippen LogP) is 5.60. The number of hydrogen-bond acceptors (Lipinski definition) is 5. The van der Waals surface area contributed by atoms with E-state index in [9.17, 15) is 19.5 Å². The summed E-state index contributed by atoms with van der Waals surface area (Å²) in [4.78, 5) is 45.8. The molecule has 2 aromatic carbocycles. The number of aromatic nitrogens is 1. The average molecular weight is 587 g/mol. The lowest BCUT2D eigenvalue weighted by atomic mass is 9.87. The van der Waals surface area contributed by atoms with E-state index >= 15 is 0 Å². The van der Waals surface area contributed by atoms with E-state index in [0.717, 1.165) is 11.4 Å². The van der Waals surface area contributed by atoms with Gasteiger partial charge in [-0.25, -0.2) is 0 Å². The van der Waals surface area contributed by atoms with Crippen LogP contribution < -0.4 is 10.6 Å². The number of nitrogens with zero attached hydrogens (tertiary/aromatic N) is 2. The molecule has 8 heteroatoms. The summed E-state index contributed by atoms with van der Waals surface area (Å²) in [6.45, 7) is 13.5. The van der Waals surface area contributed by atoms with E-state index in [-0.39, 0.29) is 35.1 Å². The Morgan fingerprint density at radius 3 is 2.02 bits per heavy atom. The van der Waals surface area contributed by atoms with Gasteiger partial charge in [-0.3, -0.25) is 19.4 Å². The fourth-order valence-corrected chi connectivity index (χ4v) is 5.68. The Morgan fingerprint density at radius 2 is 1.51 bits per heavy atom. The highest BCUT2D eigenvalue weighted by molar-refractivity contribution is 6.03. The maximum Gasteiger partial charge on any atom is 0.247 e. The number of hydrogen-bond donors (Lipinski definition) is 3. The van der Waals surface area contributed by atoms with Gasteiger partial charge in [-0.2, -0.15) is 0 Å². The Labute approximate surface area is 255 Å². The van der Waals surface area contributed by atoms with E-state index in [2.05, 4.69) is 27.8 Å². The van der Waals surface area contributed by atoms with Crippen molar-refractivity contribution in [3.63, 3.8) is 0 Å². The minimum absolute atomic E-state index is 0.0485. The number of piperazine rings is 1. The third-order valence-electron chi connectivity index (χ3n) is 8.11. The number of amides is 3. The predicted molar refractivity (Wildman–Crippen MR) is 171 cm³/mol. The Morgan fingerprint density at radius 1 is 0.953 bits per heavy atom. The number of phenols is 1. The topological polar surface area (TPSA) is 112 Å². The van der Waals surface area contributed by atoms with Crippen molar-refractivity contribution in [2.24, 2.45) is 11.8 Å². The van der Waals surface area contributed by atoms with Crippen LogP contribution in [0.4, 0.5) is 5.69 Å². The Hall–Kier alpha value is -4.20. The number of rotatable bonds is 6. The molecule has 1 saturated heterocycles. The second-order valence-electron chi connectivity index (χ2n) is 11.1. The molecule has 3 amide bonds. The van der Waals surface area contributed by atoms with Crippen molar-refractivity contribution >= 4 is 23.4 Å². The van der Waals surface area contributed by atoms with Gasteiger partial charge in [0.2, 0.25) is 17.7 Å². The molecule has 2 heterocycles. The van der Waals surface area contributed by atoms with Gasteiger partial charge >= 0.3 is 0 Å². The molecule has 8 nitrogen and oxygen atoms in total. The second kappa shape index (κ2) is 15.3. The number of carbonyl (C=O) groups excluding carboxylic acids is 3.